The van der Waals surface area contributed by atoms with Crippen LogP contribution in [0.3, 0.4) is 0 Å². The second-order valence-corrected chi connectivity index (χ2v) is 4.85. The minimum absolute atomic E-state index is 0.487. The first-order valence-electron chi connectivity index (χ1n) is 5.16. The third-order valence-electron chi connectivity index (χ3n) is 2.48. The Labute approximate surface area is 89.9 Å². The Bertz CT molecular complexity index is 275. The quantitative estimate of drug-likeness (QED) is 0.705. The summed E-state index contributed by atoms with van der Waals surface area (Å²) >= 11 is 1.90. The van der Waals surface area contributed by atoms with Gasteiger partial charge >= 0.3 is 0 Å². The molecule has 0 aliphatic carbocycles. The molecule has 1 saturated heterocycles. The first kappa shape index (κ1) is 10.1. The molecule has 0 saturated carbocycles. The standard InChI is InChI=1S/C12H16OS/c1-10-4-6-12(7-5-10)14-9-11-3-2-8-13-11/h4-7,11H,2-3,8-9H2,1H3. The molecule has 14 heavy (non-hydrogen) atoms. The van der Waals surface area contributed by atoms with E-state index in [9.17, 15) is 0 Å². The molecule has 1 atom stereocenters. The van der Waals surface area contributed by atoms with Gasteiger partial charge in [-0.25, -0.2) is 0 Å². The molecule has 1 fully saturated rings. The van der Waals surface area contributed by atoms with Gasteiger partial charge in [0, 0.05) is 17.3 Å². The fourth-order valence-corrected chi connectivity index (χ4v) is 2.57. The van der Waals surface area contributed by atoms with Crippen molar-refractivity contribution in [1.29, 1.82) is 0 Å². The summed E-state index contributed by atoms with van der Waals surface area (Å²) in [7, 11) is 0. The van der Waals surface area contributed by atoms with Gasteiger partial charge in [0.2, 0.25) is 0 Å². The minimum atomic E-state index is 0.487. The number of rotatable bonds is 3. The van der Waals surface area contributed by atoms with Gasteiger partial charge in [-0.2, -0.15) is 0 Å². The van der Waals surface area contributed by atoms with Crippen LogP contribution in [-0.2, 0) is 4.74 Å². The zero-order valence-corrected chi connectivity index (χ0v) is 9.35. The lowest BCUT2D eigenvalue weighted by Gasteiger charge is -2.08. The molecule has 0 bridgehead atoms. The molecule has 0 N–H and O–H groups in total. The first-order chi connectivity index (χ1) is 6.84. The van der Waals surface area contributed by atoms with Crippen molar-refractivity contribution in [2.75, 3.05) is 12.4 Å². The van der Waals surface area contributed by atoms with Crippen LogP contribution in [-0.4, -0.2) is 18.5 Å². The normalized spacial score (nSPS) is 21.4. The SMILES string of the molecule is Cc1ccc(SCC2CCCO2)cc1. The highest BCUT2D eigenvalue weighted by atomic mass is 32.2. The van der Waals surface area contributed by atoms with E-state index >= 15 is 0 Å². The molecular weight excluding hydrogens is 192 g/mol. The molecule has 2 heteroatoms. The van der Waals surface area contributed by atoms with Gasteiger partial charge in [-0.15, -0.1) is 11.8 Å². The molecule has 1 heterocycles. The predicted molar refractivity (Wildman–Crippen MR) is 60.9 cm³/mol. The average Bonchev–Trinajstić information content (AvgIpc) is 2.70. The Morgan fingerprint density at radius 2 is 2.14 bits per heavy atom. The van der Waals surface area contributed by atoms with Crippen molar-refractivity contribution in [3.8, 4) is 0 Å². The summed E-state index contributed by atoms with van der Waals surface area (Å²) in [5.41, 5.74) is 1.33. The molecule has 1 aliphatic heterocycles. The summed E-state index contributed by atoms with van der Waals surface area (Å²) in [6.45, 7) is 3.08. The Morgan fingerprint density at radius 1 is 1.36 bits per heavy atom. The van der Waals surface area contributed by atoms with Crippen LogP contribution in [0.15, 0.2) is 29.2 Å². The summed E-state index contributed by atoms with van der Waals surface area (Å²) in [5.74, 6) is 1.10. The summed E-state index contributed by atoms with van der Waals surface area (Å²) in [4.78, 5) is 1.35. The van der Waals surface area contributed by atoms with E-state index in [2.05, 4.69) is 31.2 Å². The van der Waals surface area contributed by atoms with E-state index in [-0.39, 0.29) is 0 Å². The highest BCUT2D eigenvalue weighted by molar-refractivity contribution is 7.99. The smallest absolute Gasteiger partial charge is 0.0669 e. The van der Waals surface area contributed by atoms with E-state index in [4.69, 9.17) is 4.74 Å². The van der Waals surface area contributed by atoms with E-state index in [0.29, 0.717) is 6.10 Å². The average molecular weight is 208 g/mol. The first-order valence-corrected chi connectivity index (χ1v) is 6.14. The van der Waals surface area contributed by atoms with Gasteiger partial charge < -0.3 is 4.74 Å². The predicted octanol–water partition coefficient (Wildman–Crippen LogP) is 3.27. The lowest BCUT2D eigenvalue weighted by molar-refractivity contribution is 0.129. The van der Waals surface area contributed by atoms with Gasteiger partial charge in [0.1, 0.15) is 0 Å². The summed E-state index contributed by atoms with van der Waals surface area (Å²) in [6.07, 6.45) is 2.96. The van der Waals surface area contributed by atoms with E-state index in [0.717, 1.165) is 12.4 Å². The van der Waals surface area contributed by atoms with Crippen molar-refractivity contribution in [3.05, 3.63) is 29.8 Å². The second kappa shape index (κ2) is 4.85. The molecular formula is C12H16OS. The van der Waals surface area contributed by atoms with Gasteiger partial charge in [0.15, 0.2) is 0 Å². The molecule has 1 aromatic carbocycles. The highest BCUT2D eigenvalue weighted by Crippen LogP contribution is 2.23. The van der Waals surface area contributed by atoms with E-state index in [1.54, 1.807) is 0 Å². The summed E-state index contributed by atoms with van der Waals surface area (Å²) in [6, 6.07) is 8.71. The number of hydrogen-bond donors (Lipinski definition) is 0. The number of hydrogen-bond acceptors (Lipinski definition) is 2. The van der Waals surface area contributed by atoms with Crippen LogP contribution in [0, 0.1) is 6.92 Å². The number of aryl methyl sites for hydroxylation is 1. The molecule has 0 aromatic heterocycles. The van der Waals surface area contributed by atoms with Crippen LogP contribution in [0.5, 0.6) is 0 Å². The molecule has 0 radical (unpaired) electrons. The minimum Gasteiger partial charge on any atom is -0.377 e. The van der Waals surface area contributed by atoms with Gasteiger partial charge in [-0.3, -0.25) is 0 Å². The van der Waals surface area contributed by atoms with Crippen molar-refractivity contribution >= 4 is 11.8 Å². The van der Waals surface area contributed by atoms with Gasteiger partial charge in [0.25, 0.3) is 0 Å². The third kappa shape index (κ3) is 2.76. The molecule has 1 unspecified atom stereocenters. The van der Waals surface area contributed by atoms with Crippen LogP contribution < -0.4 is 0 Å². The molecule has 1 aliphatic rings. The zero-order valence-electron chi connectivity index (χ0n) is 8.53. The molecule has 76 valence electrons. The topological polar surface area (TPSA) is 9.23 Å². The van der Waals surface area contributed by atoms with Crippen molar-refractivity contribution < 1.29 is 4.74 Å². The van der Waals surface area contributed by atoms with E-state index in [1.165, 1.54) is 23.3 Å². The molecule has 0 spiro atoms. The Balaban J connectivity index is 1.82. The Morgan fingerprint density at radius 3 is 2.79 bits per heavy atom. The fourth-order valence-electron chi connectivity index (χ4n) is 1.60. The number of benzene rings is 1. The molecule has 1 nitrogen and oxygen atoms in total. The van der Waals surface area contributed by atoms with Crippen LogP contribution in [0.2, 0.25) is 0 Å². The van der Waals surface area contributed by atoms with Gasteiger partial charge in [0.05, 0.1) is 6.10 Å². The largest absolute Gasteiger partial charge is 0.377 e. The number of ether oxygens (including phenoxy) is 1. The maximum absolute atomic E-state index is 5.58. The summed E-state index contributed by atoms with van der Waals surface area (Å²) in [5, 5.41) is 0. The van der Waals surface area contributed by atoms with E-state index in [1.807, 2.05) is 11.8 Å². The second-order valence-electron chi connectivity index (χ2n) is 3.76. The van der Waals surface area contributed by atoms with Gasteiger partial charge in [-0.1, -0.05) is 17.7 Å². The van der Waals surface area contributed by atoms with Gasteiger partial charge in [-0.05, 0) is 31.9 Å². The lowest BCUT2D eigenvalue weighted by atomic mass is 10.2. The van der Waals surface area contributed by atoms with Crippen molar-refractivity contribution in [2.45, 2.75) is 30.8 Å². The monoisotopic (exact) mass is 208 g/mol. The maximum atomic E-state index is 5.58. The maximum Gasteiger partial charge on any atom is 0.0669 e. The van der Waals surface area contributed by atoms with Crippen LogP contribution >= 0.6 is 11.8 Å². The Kier molecular flexibility index (Phi) is 3.49. The molecule has 2 rings (SSSR count). The van der Waals surface area contributed by atoms with Crippen molar-refractivity contribution in [2.24, 2.45) is 0 Å². The Hall–Kier alpha value is -0.470. The molecule has 1 aromatic rings. The lowest BCUT2D eigenvalue weighted by Crippen LogP contribution is -2.07. The highest BCUT2D eigenvalue weighted by Gasteiger charge is 2.15. The number of thioether (sulfide) groups is 1. The van der Waals surface area contributed by atoms with Crippen molar-refractivity contribution in [3.63, 3.8) is 0 Å². The van der Waals surface area contributed by atoms with Crippen LogP contribution in [0.4, 0.5) is 0 Å². The molecule has 0 amide bonds. The third-order valence-corrected chi connectivity index (χ3v) is 3.62. The zero-order chi connectivity index (χ0) is 9.80. The summed E-state index contributed by atoms with van der Waals surface area (Å²) < 4.78 is 5.58. The van der Waals surface area contributed by atoms with E-state index < -0.39 is 0 Å². The van der Waals surface area contributed by atoms with Crippen LogP contribution in [0.25, 0.3) is 0 Å². The van der Waals surface area contributed by atoms with Crippen LogP contribution in [0.1, 0.15) is 18.4 Å². The fraction of sp³-hybridized carbons (Fsp3) is 0.500. The van der Waals surface area contributed by atoms with Crippen molar-refractivity contribution in [1.82, 2.24) is 0 Å².